The lowest BCUT2D eigenvalue weighted by Gasteiger charge is -2.17. The van der Waals surface area contributed by atoms with Gasteiger partial charge in [0.2, 0.25) is 13.6 Å². The Balaban J connectivity index is 0.000000174. The molecule has 0 aliphatic carbocycles. The van der Waals surface area contributed by atoms with Crippen molar-refractivity contribution in [1.82, 2.24) is 0 Å². The van der Waals surface area contributed by atoms with Gasteiger partial charge in [-0.25, -0.2) is 0 Å². The second kappa shape index (κ2) is 11.5. The van der Waals surface area contributed by atoms with Crippen LogP contribution in [0.4, 0.5) is 0 Å². The van der Waals surface area contributed by atoms with Crippen LogP contribution in [0.25, 0.3) is 0 Å². The lowest BCUT2D eigenvalue weighted by atomic mass is 9.85. The van der Waals surface area contributed by atoms with Crippen molar-refractivity contribution in [1.29, 1.82) is 0 Å². The number of rotatable bonds is 5. The summed E-state index contributed by atoms with van der Waals surface area (Å²) in [7, 11) is 0. The van der Waals surface area contributed by atoms with E-state index in [2.05, 4.69) is 12.1 Å². The van der Waals surface area contributed by atoms with E-state index in [1.54, 1.807) is 18.2 Å². The molecule has 4 heterocycles. The molecule has 0 amide bonds. The standard InChI is InChI=1S/C20H18O6.C13H16O2/c1-3-15-17(25-9-23-15)5-11(1)19-13-7-22-20(14(13)8-21-19)12-2-4-16-18(6-12)26-10-24-16;1-9(2)4-5-12-8-11(10(3)14)6-7-13(12)15/h1-6,13-14,19-20H,7-10H2;4,6-8,15H,5H2,1-3H3. The molecule has 214 valence electrons. The summed E-state index contributed by atoms with van der Waals surface area (Å²) in [5.41, 5.74) is 4.88. The fourth-order valence-corrected chi connectivity index (χ4v) is 5.70. The third kappa shape index (κ3) is 5.62. The van der Waals surface area contributed by atoms with E-state index in [1.165, 1.54) is 12.5 Å². The van der Waals surface area contributed by atoms with Crippen LogP contribution in [0, 0.1) is 11.8 Å². The Labute approximate surface area is 239 Å². The summed E-state index contributed by atoms with van der Waals surface area (Å²) in [5.74, 6) is 4.09. The first-order valence-corrected chi connectivity index (χ1v) is 13.9. The Hall–Kier alpha value is -4.01. The van der Waals surface area contributed by atoms with Crippen LogP contribution < -0.4 is 18.9 Å². The monoisotopic (exact) mass is 558 g/mol. The number of benzene rings is 3. The second-order valence-corrected chi connectivity index (χ2v) is 10.9. The van der Waals surface area contributed by atoms with Gasteiger partial charge in [-0.3, -0.25) is 4.79 Å². The van der Waals surface area contributed by atoms with Crippen molar-refractivity contribution >= 4 is 5.78 Å². The number of hydrogen-bond donors (Lipinski definition) is 1. The maximum Gasteiger partial charge on any atom is 0.231 e. The number of aromatic hydroxyl groups is 1. The molecule has 2 saturated heterocycles. The van der Waals surface area contributed by atoms with Crippen LogP contribution in [0.3, 0.4) is 0 Å². The van der Waals surface area contributed by atoms with E-state index in [0.717, 1.165) is 39.7 Å². The van der Waals surface area contributed by atoms with E-state index in [0.29, 0.717) is 37.0 Å². The highest BCUT2D eigenvalue weighted by atomic mass is 16.7. The van der Waals surface area contributed by atoms with Crippen molar-refractivity contribution in [2.24, 2.45) is 11.8 Å². The molecule has 8 nitrogen and oxygen atoms in total. The molecule has 0 saturated carbocycles. The van der Waals surface area contributed by atoms with Crippen LogP contribution in [0.15, 0.2) is 66.2 Å². The number of ether oxygens (including phenoxy) is 6. The van der Waals surface area contributed by atoms with Crippen LogP contribution in [0.5, 0.6) is 28.7 Å². The number of phenols is 1. The van der Waals surface area contributed by atoms with Gasteiger partial charge in [-0.1, -0.05) is 23.8 Å². The molecule has 0 spiro atoms. The van der Waals surface area contributed by atoms with Gasteiger partial charge in [-0.15, -0.1) is 0 Å². The maximum absolute atomic E-state index is 11.1. The van der Waals surface area contributed by atoms with E-state index >= 15 is 0 Å². The van der Waals surface area contributed by atoms with Gasteiger partial charge < -0.3 is 33.5 Å². The van der Waals surface area contributed by atoms with Crippen LogP contribution in [-0.4, -0.2) is 37.7 Å². The maximum atomic E-state index is 11.1. The fourth-order valence-electron chi connectivity index (χ4n) is 5.70. The molecule has 2 fully saturated rings. The first-order chi connectivity index (χ1) is 19.9. The zero-order valence-electron chi connectivity index (χ0n) is 23.4. The Kier molecular flexibility index (Phi) is 7.60. The number of carbonyl (C=O) groups is 1. The third-order valence-corrected chi connectivity index (χ3v) is 7.93. The summed E-state index contributed by atoms with van der Waals surface area (Å²) in [5, 5.41) is 9.59. The molecule has 4 aliphatic rings. The molecular weight excluding hydrogens is 524 g/mol. The van der Waals surface area contributed by atoms with Gasteiger partial charge in [0.05, 0.1) is 25.4 Å². The molecule has 0 radical (unpaired) electrons. The summed E-state index contributed by atoms with van der Waals surface area (Å²) in [6.45, 7) is 7.47. The molecule has 0 aromatic heterocycles. The molecule has 3 aromatic rings. The van der Waals surface area contributed by atoms with Gasteiger partial charge in [0.15, 0.2) is 28.8 Å². The van der Waals surface area contributed by atoms with Crippen LogP contribution >= 0.6 is 0 Å². The number of phenolic OH excluding ortho intramolecular Hbond substituents is 1. The minimum absolute atomic E-state index is 0.0217. The Bertz CT molecular complexity index is 1400. The lowest BCUT2D eigenvalue weighted by Crippen LogP contribution is -2.14. The van der Waals surface area contributed by atoms with Crippen molar-refractivity contribution in [3.8, 4) is 28.7 Å². The molecule has 1 N–H and O–H groups in total. The minimum Gasteiger partial charge on any atom is -0.508 e. The molecule has 4 aliphatic heterocycles. The highest BCUT2D eigenvalue weighted by Gasteiger charge is 2.48. The normalized spacial score (nSPS) is 23.0. The number of ketones is 1. The second-order valence-electron chi connectivity index (χ2n) is 10.9. The number of fused-ring (bicyclic) bond motifs is 3. The van der Waals surface area contributed by atoms with Crippen molar-refractivity contribution in [2.75, 3.05) is 26.8 Å². The predicted octanol–water partition coefficient (Wildman–Crippen LogP) is 6.32. The first kappa shape index (κ1) is 27.2. The van der Waals surface area contributed by atoms with Crippen molar-refractivity contribution in [3.05, 3.63) is 88.5 Å². The SMILES string of the molecule is CC(=O)c1ccc(O)c(CC=C(C)C)c1.c1cc2c(cc1C1OCC3C(c4ccc5c(c4)OCO5)OCC13)OCO2. The number of Topliss-reactive ketones (excluding diaryl/α,β-unsaturated/α-hetero) is 1. The van der Waals surface area contributed by atoms with Crippen LogP contribution in [0.2, 0.25) is 0 Å². The largest absolute Gasteiger partial charge is 0.508 e. The number of carbonyl (C=O) groups excluding carboxylic acids is 1. The average Bonchev–Trinajstić information content (AvgIpc) is 3.76. The Morgan fingerprint density at radius 3 is 1.80 bits per heavy atom. The first-order valence-electron chi connectivity index (χ1n) is 13.9. The summed E-state index contributed by atoms with van der Waals surface area (Å²) < 4.78 is 34.2. The van der Waals surface area contributed by atoms with E-state index in [9.17, 15) is 9.90 Å². The Morgan fingerprint density at radius 1 is 0.756 bits per heavy atom. The van der Waals surface area contributed by atoms with E-state index in [-0.39, 0.29) is 37.3 Å². The summed E-state index contributed by atoms with van der Waals surface area (Å²) in [4.78, 5) is 11.1. The molecule has 3 aromatic carbocycles. The zero-order valence-corrected chi connectivity index (χ0v) is 23.4. The van der Waals surface area contributed by atoms with Crippen LogP contribution in [0.1, 0.15) is 60.0 Å². The van der Waals surface area contributed by atoms with Gasteiger partial charge >= 0.3 is 0 Å². The fraction of sp³-hybridized carbons (Fsp3) is 0.364. The highest BCUT2D eigenvalue weighted by molar-refractivity contribution is 5.94. The summed E-state index contributed by atoms with van der Waals surface area (Å²) in [6, 6.07) is 17.1. The number of hydrogen-bond acceptors (Lipinski definition) is 8. The average molecular weight is 559 g/mol. The van der Waals surface area contributed by atoms with Gasteiger partial charge in [0, 0.05) is 17.4 Å². The molecule has 4 atom stereocenters. The topological polar surface area (TPSA) is 92.7 Å². The van der Waals surface area contributed by atoms with E-state index in [1.807, 2.05) is 44.2 Å². The number of allylic oxidation sites excluding steroid dienone is 2. The summed E-state index contributed by atoms with van der Waals surface area (Å²) in [6.07, 6.45) is 2.73. The van der Waals surface area contributed by atoms with Crippen molar-refractivity contribution in [3.63, 3.8) is 0 Å². The van der Waals surface area contributed by atoms with Crippen molar-refractivity contribution < 1.29 is 38.3 Å². The van der Waals surface area contributed by atoms with Crippen molar-refractivity contribution in [2.45, 2.75) is 39.4 Å². The third-order valence-electron chi connectivity index (χ3n) is 7.93. The van der Waals surface area contributed by atoms with Crippen LogP contribution in [-0.2, 0) is 15.9 Å². The lowest BCUT2D eigenvalue weighted by molar-refractivity contribution is 0.0192. The molecule has 7 rings (SSSR count). The van der Waals surface area contributed by atoms with E-state index in [4.69, 9.17) is 28.4 Å². The minimum atomic E-state index is 0.0217. The Morgan fingerprint density at radius 2 is 1.29 bits per heavy atom. The molecular formula is C33H34O8. The van der Waals surface area contributed by atoms with Gasteiger partial charge in [-0.2, -0.15) is 0 Å². The smallest absolute Gasteiger partial charge is 0.231 e. The van der Waals surface area contributed by atoms with Gasteiger partial charge in [0.25, 0.3) is 0 Å². The zero-order chi connectivity index (χ0) is 28.5. The molecule has 41 heavy (non-hydrogen) atoms. The molecule has 4 unspecified atom stereocenters. The predicted molar refractivity (Wildman–Crippen MR) is 151 cm³/mol. The van der Waals surface area contributed by atoms with E-state index < -0.39 is 0 Å². The summed E-state index contributed by atoms with van der Waals surface area (Å²) >= 11 is 0. The molecule has 0 bridgehead atoms. The van der Waals surface area contributed by atoms with Gasteiger partial charge in [-0.05, 0) is 86.3 Å². The van der Waals surface area contributed by atoms with Gasteiger partial charge in [0.1, 0.15) is 5.75 Å². The quantitative estimate of drug-likeness (QED) is 0.287. The highest BCUT2D eigenvalue weighted by Crippen LogP contribution is 2.52. The molecule has 8 heteroatoms.